The predicted octanol–water partition coefficient (Wildman–Crippen LogP) is 1.14. The van der Waals surface area contributed by atoms with Crippen LogP contribution in [0, 0.1) is 0 Å². The molecule has 2 N–H and O–H groups in total. The van der Waals surface area contributed by atoms with E-state index in [4.69, 9.17) is 5.73 Å². The molecule has 0 atom stereocenters. The quantitative estimate of drug-likeness (QED) is 0.873. The lowest BCUT2D eigenvalue weighted by Crippen LogP contribution is -2.41. The van der Waals surface area contributed by atoms with Gasteiger partial charge in [0, 0.05) is 38.1 Å². The molecule has 1 fully saturated rings. The first kappa shape index (κ1) is 13.6. The van der Waals surface area contributed by atoms with Crippen LogP contribution in [0.4, 0.5) is 0 Å². The van der Waals surface area contributed by atoms with E-state index < -0.39 is 10.0 Å². The van der Waals surface area contributed by atoms with Gasteiger partial charge in [0.05, 0.1) is 0 Å². The maximum Gasteiger partial charge on any atom is 0.244 e. The molecule has 0 radical (unpaired) electrons. The largest absolute Gasteiger partial charge is 0.349 e. The van der Waals surface area contributed by atoms with Crippen LogP contribution in [0.3, 0.4) is 0 Å². The van der Waals surface area contributed by atoms with Crippen molar-refractivity contribution >= 4 is 10.0 Å². The molecule has 18 heavy (non-hydrogen) atoms. The molecule has 1 aromatic heterocycles. The summed E-state index contributed by atoms with van der Waals surface area (Å²) in [5, 5.41) is 0. The van der Waals surface area contributed by atoms with Gasteiger partial charge in [0.25, 0.3) is 0 Å². The zero-order valence-electron chi connectivity index (χ0n) is 11.0. The fraction of sp³-hybridized carbons (Fsp3) is 0.667. The average molecular weight is 271 g/mol. The fourth-order valence-corrected chi connectivity index (χ4v) is 3.73. The van der Waals surface area contributed by atoms with Gasteiger partial charge in [-0.1, -0.05) is 6.42 Å². The Bertz CT molecular complexity index is 496. The lowest BCUT2D eigenvalue weighted by molar-refractivity contribution is 0.249. The average Bonchev–Trinajstić information content (AvgIpc) is 2.70. The Balaban J connectivity index is 2.31. The first-order valence-electron chi connectivity index (χ1n) is 6.37. The molecular weight excluding hydrogens is 250 g/mol. The molecule has 0 saturated heterocycles. The van der Waals surface area contributed by atoms with Crippen LogP contribution in [0.5, 0.6) is 0 Å². The number of sulfonamides is 1. The zero-order chi connectivity index (χ0) is 13.3. The highest BCUT2D eigenvalue weighted by Crippen LogP contribution is 2.29. The first-order chi connectivity index (χ1) is 8.50. The van der Waals surface area contributed by atoms with Crippen molar-refractivity contribution < 1.29 is 8.42 Å². The smallest absolute Gasteiger partial charge is 0.244 e. The van der Waals surface area contributed by atoms with Gasteiger partial charge in [-0.25, -0.2) is 8.42 Å². The van der Waals surface area contributed by atoms with Crippen LogP contribution in [0.15, 0.2) is 17.2 Å². The molecule has 1 saturated carbocycles. The number of hydrogen-bond acceptors (Lipinski definition) is 3. The second kappa shape index (κ2) is 5.03. The topological polar surface area (TPSA) is 68.3 Å². The lowest BCUT2D eigenvalue weighted by atomic mass is 9.94. The second-order valence-corrected chi connectivity index (χ2v) is 6.76. The molecular formula is C12H21N3O2S. The first-order valence-corrected chi connectivity index (χ1v) is 7.81. The number of aryl methyl sites for hydroxylation is 1. The summed E-state index contributed by atoms with van der Waals surface area (Å²) in [6.07, 6.45) is 4.74. The van der Waals surface area contributed by atoms with Crippen LogP contribution in [0.2, 0.25) is 0 Å². The van der Waals surface area contributed by atoms with E-state index in [1.54, 1.807) is 19.3 Å². The standard InChI is InChI=1S/C12H21N3O2S/c1-3-15-9-12(7-11(15)8-13)18(16,17)14(2)10-5-4-6-10/h7,9-10H,3-6,8,13H2,1-2H3. The van der Waals surface area contributed by atoms with Crippen LogP contribution >= 0.6 is 0 Å². The van der Waals surface area contributed by atoms with Crippen LogP contribution < -0.4 is 5.73 Å². The van der Waals surface area contributed by atoms with Crippen molar-refractivity contribution in [3.8, 4) is 0 Å². The zero-order valence-corrected chi connectivity index (χ0v) is 11.8. The molecule has 1 heterocycles. The predicted molar refractivity (Wildman–Crippen MR) is 70.6 cm³/mol. The summed E-state index contributed by atoms with van der Waals surface area (Å²) in [7, 11) is -1.69. The third kappa shape index (κ3) is 2.20. The van der Waals surface area contributed by atoms with Crippen LogP contribution in [0.25, 0.3) is 0 Å². The summed E-state index contributed by atoms with van der Waals surface area (Å²) in [5.41, 5.74) is 6.49. The van der Waals surface area contributed by atoms with Gasteiger partial charge in [-0.15, -0.1) is 0 Å². The van der Waals surface area contributed by atoms with Crippen molar-refractivity contribution in [3.05, 3.63) is 18.0 Å². The van der Waals surface area contributed by atoms with Crippen LogP contribution in [-0.2, 0) is 23.1 Å². The Morgan fingerprint density at radius 3 is 2.56 bits per heavy atom. The van der Waals surface area contributed by atoms with Crippen molar-refractivity contribution in [3.63, 3.8) is 0 Å². The lowest BCUT2D eigenvalue weighted by Gasteiger charge is -2.33. The van der Waals surface area contributed by atoms with Crippen molar-refractivity contribution in [1.29, 1.82) is 0 Å². The third-order valence-electron chi connectivity index (χ3n) is 3.78. The number of rotatable bonds is 5. The normalized spacial score (nSPS) is 17.1. The van der Waals surface area contributed by atoms with E-state index in [0.717, 1.165) is 31.5 Å². The van der Waals surface area contributed by atoms with Gasteiger partial charge in [0.2, 0.25) is 10.0 Å². The number of nitrogens with two attached hydrogens (primary N) is 1. The van der Waals surface area contributed by atoms with Gasteiger partial charge in [0.1, 0.15) is 4.90 Å². The second-order valence-electron chi connectivity index (χ2n) is 4.76. The van der Waals surface area contributed by atoms with E-state index in [2.05, 4.69) is 0 Å². The van der Waals surface area contributed by atoms with E-state index in [0.29, 0.717) is 11.4 Å². The van der Waals surface area contributed by atoms with Gasteiger partial charge in [-0.3, -0.25) is 0 Å². The number of nitrogens with zero attached hydrogens (tertiary/aromatic N) is 2. The number of aromatic nitrogens is 1. The molecule has 1 aromatic rings. The van der Waals surface area contributed by atoms with E-state index in [1.165, 1.54) is 4.31 Å². The minimum atomic E-state index is -3.36. The molecule has 2 rings (SSSR count). The van der Waals surface area contributed by atoms with Crippen LogP contribution in [0.1, 0.15) is 31.9 Å². The van der Waals surface area contributed by atoms with Gasteiger partial charge >= 0.3 is 0 Å². The molecule has 1 aliphatic carbocycles. The molecule has 1 aliphatic rings. The van der Waals surface area contributed by atoms with Gasteiger partial charge in [-0.05, 0) is 25.8 Å². The van der Waals surface area contributed by atoms with Crippen molar-refractivity contribution in [1.82, 2.24) is 8.87 Å². The van der Waals surface area contributed by atoms with E-state index in [9.17, 15) is 8.42 Å². The van der Waals surface area contributed by atoms with E-state index in [-0.39, 0.29) is 6.04 Å². The Morgan fingerprint density at radius 2 is 2.17 bits per heavy atom. The Morgan fingerprint density at radius 1 is 1.50 bits per heavy atom. The summed E-state index contributed by atoms with van der Waals surface area (Å²) in [4.78, 5) is 0.360. The molecule has 0 spiro atoms. The van der Waals surface area contributed by atoms with Crippen molar-refractivity contribution in [2.24, 2.45) is 5.73 Å². The fourth-order valence-electron chi connectivity index (χ4n) is 2.25. The number of hydrogen-bond donors (Lipinski definition) is 1. The maximum absolute atomic E-state index is 12.4. The minimum absolute atomic E-state index is 0.168. The monoisotopic (exact) mass is 271 g/mol. The maximum atomic E-state index is 12.4. The Labute approximate surface area is 109 Å². The molecule has 0 aliphatic heterocycles. The SMILES string of the molecule is CCn1cc(S(=O)(=O)N(C)C2CCC2)cc1CN. The summed E-state index contributed by atoms with van der Waals surface area (Å²) in [5.74, 6) is 0. The van der Waals surface area contributed by atoms with Gasteiger partial charge < -0.3 is 10.3 Å². The van der Waals surface area contributed by atoms with Crippen molar-refractivity contribution in [2.75, 3.05) is 7.05 Å². The highest BCUT2D eigenvalue weighted by atomic mass is 32.2. The minimum Gasteiger partial charge on any atom is -0.349 e. The summed E-state index contributed by atoms with van der Waals surface area (Å²) < 4.78 is 28.3. The molecule has 0 bridgehead atoms. The Hall–Kier alpha value is -0.850. The molecule has 0 aromatic carbocycles. The highest BCUT2D eigenvalue weighted by Gasteiger charge is 2.32. The molecule has 0 unspecified atom stereocenters. The third-order valence-corrected chi connectivity index (χ3v) is 5.65. The summed E-state index contributed by atoms with van der Waals surface area (Å²) in [6, 6.07) is 1.86. The Kier molecular flexibility index (Phi) is 3.79. The van der Waals surface area contributed by atoms with Crippen molar-refractivity contribution in [2.45, 2.75) is 50.2 Å². The molecule has 5 nitrogen and oxygen atoms in total. The molecule has 102 valence electrons. The van der Waals surface area contributed by atoms with Gasteiger partial charge in [0.15, 0.2) is 0 Å². The molecule has 6 heteroatoms. The van der Waals surface area contributed by atoms with E-state index in [1.807, 2.05) is 11.5 Å². The van der Waals surface area contributed by atoms with Crippen LogP contribution in [-0.4, -0.2) is 30.4 Å². The summed E-state index contributed by atoms with van der Waals surface area (Å²) in [6.45, 7) is 3.07. The summed E-state index contributed by atoms with van der Waals surface area (Å²) >= 11 is 0. The van der Waals surface area contributed by atoms with Gasteiger partial charge in [-0.2, -0.15) is 4.31 Å². The molecule has 0 amide bonds. The highest BCUT2D eigenvalue weighted by molar-refractivity contribution is 7.89. The van der Waals surface area contributed by atoms with E-state index >= 15 is 0 Å².